The highest BCUT2D eigenvalue weighted by Crippen LogP contribution is 2.28. The van der Waals surface area contributed by atoms with Crippen LogP contribution < -0.4 is 5.32 Å². The number of nitrogens with one attached hydrogen (secondary N) is 2. The van der Waals surface area contributed by atoms with Crippen LogP contribution in [0.1, 0.15) is 39.7 Å². The van der Waals surface area contributed by atoms with Gasteiger partial charge in [0.2, 0.25) is 0 Å². The van der Waals surface area contributed by atoms with Crippen molar-refractivity contribution in [2.75, 3.05) is 0 Å². The van der Waals surface area contributed by atoms with Crippen LogP contribution in [-0.2, 0) is 13.1 Å². The van der Waals surface area contributed by atoms with Crippen LogP contribution >= 0.6 is 34.8 Å². The molecule has 0 spiro atoms. The summed E-state index contributed by atoms with van der Waals surface area (Å²) in [6.45, 7) is 4.06. The van der Waals surface area contributed by atoms with E-state index in [9.17, 15) is 4.79 Å². The number of hydrogen-bond acceptors (Lipinski definition) is 3. The Morgan fingerprint density at radius 1 is 1.10 bits per heavy atom. The van der Waals surface area contributed by atoms with Gasteiger partial charge in [-0.2, -0.15) is 5.10 Å². The van der Waals surface area contributed by atoms with E-state index in [0.29, 0.717) is 39.1 Å². The normalized spacial score (nSPS) is 10.8. The molecule has 0 atom stereocenters. The van der Waals surface area contributed by atoms with Gasteiger partial charge in [0.15, 0.2) is 0 Å². The Morgan fingerprint density at radius 2 is 1.72 bits per heavy atom. The summed E-state index contributed by atoms with van der Waals surface area (Å²) >= 11 is 18.9. The Balaban J connectivity index is 1.75. The van der Waals surface area contributed by atoms with Crippen molar-refractivity contribution in [2.45, 2.75) is 26.9 Å². The molecule has 150 valence electrons. The smallest absolute Gasteiger partial charge is 0.256 e. The Labute approximate surface area is 184 Å². The maximum Gasteiger partial charge on any atom is 0.256 e. The molecule has 2 aromatic carbocycles. The fraction of sp³-hybridized carbons (Fsp3) is 0.190. The van der Waals surface area contributed by atoms with Crippen LogP contribution in [0.4, 0.5) is 0 Å². The maximum atomic E-state index is 12.7. The van der Waals surface area contributed by atoms with Crippen LogP contribution in [0.3, 0.4) is 0 Å². The quantitative estimate of drug-likeness (QED) is 0.487. The van der Waals surface area contributed by atoms with Crippen molar-refractivity contribution in [2.24, 2.45) is 0 Å². The highest BCUT2D eigenvalue weighted by molar-refractivity contribution is 6.36. The number of amides is 1. The summed E-state index contributed by atoms with van der Waals surface area (Å²) in [5.74, 6) is -0.309. The van der Waals surface area contributed by atoms with Crippen LogP contribution in [0.2, 0.25) is 15.2 Å². The van der Waals surface area contributed by atoms with Crippen molar-refractivity contribution in [3.63, 3.8) is 0 Å². The fourth-order valence-electron chi connectivity index (χ4n) is 2.89. The zero-order chi connectivity index (χ0) is 21.1. The van der Waals surface area contributed by atoms with Gasteiger partial charge in [-0.05, 0) is 37.1 Å². The molecule has 0 fully saturated rings. The van der Waals surface area contributed by atoms with Crippen molar-refractivity contribution in [3.05, 3.63) is 85.6 Å². The van der Waals surface area contributed by atoms with Crippen LogP contribution in [0.5, 0.6) is 0 Å². The molecule has 0 radical (unpaired) electrons. The van der Waals surface area contributed by atoms with Gasteiger partial charge in [0.25, 0.3) is 5.91 Å². The molecule has 0 aliphatic carbocycles. The molecule has 0 saturated carbocycles. The molecule has 5 nitrogen and oxygen atoms in total. The number of carbonyl (C=O) groups excluding carboxylic acids is 1. The van der Waals surface area contributed by atoms with E-state index in [0.717, 1.165) is 11.1 Å². The van der Waals surface area contributed by atoms with E-state index in [2.05, 4.69) is 10.4 Å². The number of halogens is 3. The zero-order valence-corrected chi connectivity index (χ0v) is 18.2. The third-order valence-electron chi connectivity index (χ3n) is 4.50. The van der Waals surface area contributed by atoms with Gasteiger partial charge in [0.1, 0.15) is 5.15 Å². The minimum Gasteiger partial charge on any atom is -0.348 e. The molecule has 1 heterocycles. The van der Waals surface area contributed by atoms with Crippen molar-refractivity contribution >= 4 is 46.4 Å². The summed E-state index contributed by atoms with van der Waals surface area (Å²) in [6, 6.07) is 12.7. The standard InChI is InChI=1S/C21H19Cl3N4O/c1-12(25)15-8-6-14(7-9-15)10-26-21(29)19-13(2)27-28(20(19)24)11-16-17(22)4-3-5-18(16)23/h3-9,25H,10-11H2,1-2H3,(H,26,29). The predicted molar refractivity (Wildman–Crippen MR) is 118 cm³/mol. The largest absolute Gasteiger partial charge is 0.348 e. The van der Waals surface area contributed by atoms with E-state index < -0.39 is 0 Å². The highest BCUT2D eigenvalue weighted by atomic mass is 35.5. The molecule has 8 heteroatoms. The molecule has 0 unspecified atom stereocenters. The lowest BCUT2D eigenvalue weighted by Gasteiger charge is -2.09. The average molecular weight is 450 g/mol. The SMILES string of the molecule is CC(=N)c1ccc(CNC(=O)c2c(C)nn(Cc3c(Cl)cccc3Cl)c2Cl)cc1. The van der Waals surface area contributed by atoms with Crippen molar-refractivity contribution in [1.29, 1.82) is 5.41 Å². The number of hydrogen-bond donors (Lipinski definition) is 2. The third kappa shape index (κ3) is 4.81. The highest BCUT2D eigenvalue weighted by Gasteiger charge is 2.21. The Bertz CT molecular complexity index is 1050. The van der Waals surface area contributed by atoms with Crippen LogP contribution in [0.25, 0.3) is 0 Å². The summed E-state index contributed by atoms with van der Waals surface area (Å²) < 4.78 is 1.51. The average Bonchev–Trinajstić information content (AvgIpc) is 2.96. The van der Waals surface area contributed by atoms with Crippen LogP contribution in [0, 0.1) is 12.3 Å². The summed E-state index contributed by atoms with van der Waals surface area (Å²) in [4.78, 5) is 12.7. The van der Waals surface area contributed by atoms with Crippen LogP contribution in [-0.4, -0.2) is 21.4 Å². The lowest BCUT2D eigenvalue weighted by molar-refractivity contribution is 0.0950. The lowest BCUT2D eigenvalue weighted by Crippen LogP contribution is -2.23. The molecule has 1 amide bonds. The molecule has 1 aromatic heterocycles. The first kappa shape index (κ1) is 21.4. The molecule has 0 bridgehead atoms. The van der Waals surface area contributed by atoms with Gasteiger partial charge in [0, 0.05) is 27.9 Å². The minimum absolute atomic E-state index is 0.228. The first-order valence-corrected chi connectivity index (χ1v) is 9.99. The molecule has 3 aromatic rings. The number of aromatic nitrogens is 2. The van der Waals surface area contributed by atoms with E-state index in [4.69, 9.17) is 40.2 Å². The Kier molecular flexibility index (Phi) is 6.63. The molecule has 3 rings (SSSR count). The molecule has 0 aliphatic heterocycles. The Hall–Kier alpha value is -2.34. The van der Waals surface area contributed by atoms with Gasteiger partial charge in [-0.25, -0.2) is 4.68 Å². The molecule has 29 heavy (non-hydrogen) atoms. The predicted octanol–water partition coefficient (Wildman–Crippen LogP) is 5.52. The topological polar surface area (TPSA) is 70.8 Å². The Morgan fingerprint density at radius 3 is 2.31 bits per heavy atom. The molecule has 2 N–H and O–H groups in total. The fourth-order valence-corrected chi connectivity index (χ4v) is 3.73. The number of benzene rings is 2. The number of rotatable bonds is 6. The van der Waals surface area contributed by atoms with Gasteiger partial charge >= 0.3 is 0 Å². The van der Waals surface area contributed by atoms with Crippen molar-refractivity contribution in [1.82, 2.24) is 15.1 Å². The van der Waals surface area contributed by atoms with Crippen molar-refractivity contribution < 1.29 is 4.79 Å². The van der Waals surface area contributed by atoms with Crippen molar-refractivity contribution in [3.8, 4) is 0 Å². The number of nitrogens with zero attached hydrogens (tertiary/aromatic N) is 2. The van der Waals surface area contributed by atoms with E-state index in [1.54, 1.807) is 32.0 Å². The summed E-state index contributed by atoms with van der Waals surface area (Å²) in [7, 11) is 0. The molecular formula is C21H19Cl3N4O. The second kappa shape index (κ2) is 8.99. The van der Waals surface area contributed by atoms with Crippen LogP contribution in [0.15, 0.2) is 42.5 Å². The first-order chi connectivity index (χ1) is 13.8. The van der Waals surface area contributed by atoms with Gasteiger partial charge in [0.05, 0.1) is 17.8 Å². The molecular weight excluding hydrogens is 431 g/mol. The summed E-state index contributed by atoms with van der Waals surface area (Å²) in [6.07, 6.45) is 0. The third-order valence-corrected chi connectivity index (χ3v) is 5.59. The molecule has 0 saturated heterocycles. The summed E-state index contributed by atoms with van der Waals surface area (Å²) in [5, 5.41) is 16.1. The zero-order valence-electron chi connectivity index (χ0n) is 15.9. The monoisotopic (exact) mass is 448 g/mol. The second-order valence-electron chi connectivity index (χ2n) is 6.61. The van der Waals surface area contributed by atoms with Gasteiger partial charge in [-0.15, -0.1) is 0 Å². The second-order valence-corrected chi connectivity index (χ2v) is 7.79. The van der Waals surface area contributed by atoms with E-state index in [1.807, 2.05) is 24.3 Å². The van der Waals surface area contributed by atoms with Gasteiger partial charge < -0.3 is 10.7 Å². The summed E-state index contributed by atoms with van der Waals surface area (Å²) in [5.41, 5.74) is 3.79. The minimum atomic E-state index is -0.309. The van der Waals surface area contributed by atoms with Gasteiger partial charge in [-0.3, -0.25) is 4.79 Å². The number of aryl methyl sites for hydroxylation is 1. The molecule has 0 aliphatic rings. The maximum absolute atomic E-state index is 12.7. The van der Waals surface area contributed by atoms with E-state index in [-0.39, 0.29) is 17.6 Å². The van der Waals surface area contributed by atoms with Gasteiger partial charge in [-0.1, -0.05) is 65.1 Å². The van der Waals surface area contributed by atoms with E-state index >= 15 is 0 Å². The lowest BCUT2D eigenvalue weighted by atomic mass is 10.1. The first-order valence-electron chi connectivity index (χ1n) is 8.86. The number of carbonyl (C=O) groups is 1. The van der Waals surface area contributed by atoms with E-state index in [1.165, 1.54) is 4.68 Å².